The molecule has 1 amide bonds. The number of anilines is 1. The van der Waals surface area contributed by atoms with E-state index >= 15 is 0 Å². The fourth-order valence-corrected chi connectivity index (χ4v) is 5.72. The molecule has 0 saturated carbocycles. The van der Waals surface area contributed by atoms with Crippen molar-refractivity contribution in [2.24, 2.45) is 4.99 Å². The van der Waals surface area contributed by atoms with Crippen molar-refractivity contribution in [2.45, 2.75) is 18.4 Å². The average Bonchev–Trinajstić information content (AvgIpc) is 3.24. The van der Waals surface area contributed by atoms with Crippen LogP contribution in [0.3, 0.4) is 0 Å². The van der Waals surface area contributed by atoms with E-state index in [1.165, 1.54) is 42.7 Å². The standard InChI is InChI=1S/C26H27N3O6S2/c1-4-35-16-15-29-23-14-11-21(34-3)17-24(23)36-26(29)27-25(30)18-5-7-19(8-6-18)28-37(31,32)22-12-9-20(33-2)10-13-22/h5-14,17,28H,4,15-16H2,1-3H3. The van der Waals surface area contributed by atoms with Gasteiger partial charge in [-0.05, 0) is 73.7 Å². The van der Waals surface area contributed by atoms with Crippen molar-refractivity contribution in [2.75, 3.05) is 32.2 Å². The van der Waals surface area contributed by atoms with Crippen molar-refractivity contribution >= 4 is 43.2 Å². The van der Waals surface area contributed by atoms with Crippen molar-refractivity contribution in [3.05, 3.63) is 77.1 Å². The van der Waals surface area contributed by atoms with Gasteiger partial charge in [-0.25, -0.2) is 8.42 Å². The largest absolute Gasteiger partial charge is 0.497 e. The minimum atomic E-state index is -3.80. The zero-order valence-corrected chi connectivity index (χ0v) is 22.3. The molecule has 0 fully saturated rings. The van der Waals surface area contributed by atoms with E-state index in [4.69, 9.17) is 14.2 Å². The van der Waals surface area contributed by atoms with Crippen LogP contribution in [0.1, 0.15) is 17.3 Å². The molecule has 37 heavy (non-hydrogen) atoms. The molecule has 0 aliphatic rings. The van der Waals surface area contributed by atoms with Crippen LogP contribution in [-0.2, 0) is 21.3 Å². The molecule has 0 spiro atoms. The minimum Gasteiger partial charge on any atom is -0.497 e. The maximum atomic E-state index is 13.0. The number of ether oxygens (including phenoxy) is 3. The predicted molar refractivity (Wildman–Crippen MR) is 143 cm³/mol. The number of amides is 1. The molecule has 0 aliphatic carbocycles. The highest BCUT2D eigenvalue weighted by molar-refractivity contribution is 7.92. The van der Waals surface area contributed by atoms with Gasteiger partial charge in [0.15, 0.2) is 4.80 Å². The number of aromatic nitrogens is 1. The molecule has 1 aromatic heterocycles. The SMILES string of the molecule is CCOCCn1c(=NC(=O)c2ccc(NS(=O)(=O)c3ccc(OC)cc3)cc2)sc2cc(OC)ccc21. The first-order valence-electron chi connectivity index (χ1n) is 11.5. The first-order valence-corrected chi connectivity index (χ1v) is 13.8. The van der Waals surface area contributed by atoms with E-state index in [9.17, 15) is 13.2 Å². The average molecular weight is 542 g/mol. The molecule has 1 N–H and O–H groups in total. The van der Waals surface area contributed by atoms with Crippen LogP contribution in [0.4, 0.5) is 5.69 Å². The molecular formula is C26H27N3O6S2. The number of hydrogen-bond donors (Lipinski definition) is 1. The van der Waals surface area contributed by atoms with Gasteiger partial charge in [0.05, 0.1) is 35.9 Å². The smallest absolute Gasteiger partial charge is 0.279 e. The molecule has 9 nitrogen and oxygen atoms in total. The van der Waals surface area contributed by atoms with E-state index in [2.05, 4.69) is 9.71 Å². The number of carbonyl (C=O) groups excluding carboxylic acids is 1. The summed E-state index contributed by atoms with van der Waals surface area (Å²) in [5.74, 6) is 0.840. The molecule has 0 atom stereocenters. The lowest BCUT2D eigenvalue weighted by Crippen LogP contribution is -2.19. The number of hydrogen-bond acceptors (Lipinski definition) is 7. The summed E-state index contributed by atoms with van der Waals surface area (Å²) in [7, 11) is -0.681. The molecule has 0 bridgehead atoms. The number of fused-ring (bicyclic) bond motifs is 1. The van der Waals surface area contributed by atoms with Crippen LogP contribution < -0.4 is 19.0 Å². The lowest BCUT2D eigenvalue weighted by Gasteiger charge is -2.09. The number of benzene rings is 3. The van der Waals surface area contributed by atoms with Crippen LogP contribution >= 0.6 is 11.3 Å². The van der Waals surface area contributed by atoms with Gasteiger partial charge >= 0.3 is 0 Å². The van der Waals surface area contributed by atoms with E-state index in [0.717, 1.165) is 16.0 Å². The Hall–Kier alpha value is -3.67. The van der Waals surface area contributed by atoms with Gasteiger partial charge in [-0.15, -0.1) is 0 Å². The molecule has 0 radical (unpaired) electrons. The quantitative estimate of drug-likeness (QED) is 0.300. The van der Waals surface area contributed by atoms with Crippen molar-refractivity contribution in [1.29, 1.82) is 0 Å². The highest BCUT2D eigenvalue weighted by Crippen LogP contribution is 2.24. The fourth-order valence-electron chi connectivity index (χ4n) is 3.58. The summed E-state index contributed by atoms with van der Waals surface area (Å²) >= 11 is 1.39. The first kappa shape index (κ1) is 26.4. The predicted octanol–water partition coefficient (Wildman–Crippen LogP) is 4.30. The second-order valence-electron chi connectivity index (χ2n) is 7.84. The monoisotopic (exact) mass is 541 g/mol. The van der Waals surface area contributed by atoms with Gasteiger partial charge in [-0.2, -0.15) is 4.99 Å². The lowest BCUT2D eigenvalue weighted by atomic mass is 10.2. The van der Waals surface area contributed by atoms with E-state index in [1.807, 2.05) is 29.7 Å². The molecule has 11 heteroatoms. The second kappa shape index (κ2) is 11.6. The number of rotatable bonds is 10. The third-order valence-corrected chi connectivity index (χ3v) is 7.94. The summed E-state index contributed by atoms with van der Waals surface area (Å²) in [6.45, 7) is 3.55. The minimum absolute atomic E-state index is 0.0986. The maximum Gasteiger partial charge on any atom is 0.279 e. The van der Waals surface area contributed by atoms with Crippen molar-refractivity contribution in [1.82, 2.24) is 4.57 Å². The molecule has 194 valence electrons. The number of nitrogens with zero attached hydrogens (tertiary/aromatic N) is 2. The highest BCUT2D eigenvalue weighted by atomic mass is 32.2. The Morgan fingerprint density at radius 2 is 1.65 bits per heavy atom. The Labute approximate surface area is 219 Å². The summed E-state index contributed by atoms with van der Waals surface area (Å²) < 4.78 is 46.7. The number of thiazole rings is 1. The van der Waals surface area contributed by atoms with Crippen LogP contribution in [0.5, 0.6) is 11.5 Å². The van der Waals surface area contributed by atoms with E-state index in [0.29, 0.717) is 41.6 Å². The topological polar surface area (TPSA) is 108 Å². The maximum absolute atomic E-state index is 13.0. The Kier molecular flexibility index (Phi) is 8.27. The highest BCUT2D eigenvalue weighted by Gasteiger charge is 2.15. The van der Waals surface area contributed by atoms with Crippen LogP contribution in [-0.4, -0.2) is 46.3 Å². The van der Waals surface area contributed by atoms with Gasteiger partial charge in [0.25, 0.3) is 15.9 Å². The van der Waals surface area contributed by atoms with Crippen molar-refractivity contribution in [3.63, 3.8) is 0 Å². The van der Waals surface area contributed by atoms with Crippen molar-refractivity contribution < 1.29 is 27.4 Å². The molecule has 3 aromatic carbocycles. The molecule has 4 rings (SSSR count). The van der Waals surface area contributed by atoms with Gasteiger partial charge < -0.3 is 18.8 Å². The van der Waals surface area contributed by atoms with Crippen LogP contribution in [0.15, 0.2) is 76.6 Å². The zero-order valence-electron chi connectivity index (χ0n) is 20.6. The number of methoxy groups -OCH3 is 2. The fraction of sp³-hybridized carbons (Fsp3) is 0.231. The first-order chi connectivity index (χ1) is 17.8. The number of carbonyl (C=O) groups is 1. The van der Waals surface area contributed by atoms with Crippen LogP contribution in [0.2, 0.25) is 0 Å². The molecule has 1 heterocycles. The molecule has 4 aromatic rings. The summed E-state index contributed by atoms with van der Waals surface area (Å²) in [4.78, 5) is 18.0. The van der Waals surface area contributed by atoms with Gasteiger partial charge in [0.1, 0.15) is 11.5 Å². The molecular weight excluding hydrogens is 514 g/mol. The van der Waals surface area contributed by atoms with E-state index in [-0.39, 0.29) is 4.90 Å². The zero-order chi connectivity index (χ0) is 26.4. The Morgan fingerprint density at radius 3 is 2.30 bits per heavy atom. The Balaban J connectivity index is 1.58. The summed E-state index contributed by atoms with van der Waals surface area (Å²) in [6.07, 6.45) is 0. The summed E-state index contributed by atoms with van der Waals surface area (Å²) in [6, 6.07) is 17.9. The number of nitrogens with one attached hydrogen (secondary N) is 1. The third kappa shape index (κ3) is 6.19. The van der Waals surface area contributed by atoms with E-state index < -0.39 is 15.9 Å². The van der Waals surface area contributed by atoms with Crippen LogP contribution in [0.25, 0.3) is 10.2 Å². The van der Waals surface area contributed by atoms with Gasteiger partial charge in [0.2, 0.25) is 0 Å². The molecule has 0 saturated heterocycles. The molecule has 0 unspecified atom stereocenters. The summed E-state index contributed by atoms with van der Waals surface area (Å²) in [5, 5.41) is 0. The Bertz CT molecular complexity index is 1560. The van der Waals surface area contributed by atoms with Crippen LogP contribution in [0, 0.1) is 0 Å². The second-order valence-corrected chi connectivity index (χ2v) is 10.5. The lowest BCUT2D eigenvalue weighted by molar-refractivity contribution is 0.0996. The van der Waals surface area contributed by atoms with Gasteiger partial charge in [-0.1, -0.05) is 11.3 Å². The summed E-state index contributed by atoms with van der Waals surface area (Å²) in [5.41, 5.74) is 1.59. The normalized spacial score (nSPS) is 12.0. The Morgan fingerprint density at radius 1 is 0.973 bits per heavy atom. The van der Waals surface area contributed by atoms with Gasteiger partial charge in [0, 0.05) is 24.4 Å². The van der Waals surface area contributed by atoms with Gasteiger partial charge in [-0.3, -0.25) is 9.52 Å². The van der Waals surface area contributed by atoms with E-state index in [1.54, 1.807) is 31.4 Å². The number of sulfonamides is 1. The molecule has 0 aliphatic heterocycles. The van der Waals surface area contributed by atoms with Crippen molar-refractivity contribution in [3.8, 4) is 11.5 Å². The third-order valence-electron chi connectivity index (χ3n) is 5.50.